The lowest BCUT2D eigenvalue weighted by atomic mass is 10.2. The molecule has 0 aliphatic rings. The Balaban J connectivity index is 1.85. The largest absolute Gasteiger partial charge is 0.361 e. The van der Waals surface area contributed by atoms with Crippen molar-refractivity contribution in [1.82, 2.24) is 9.97 Å². The van der Waals surface area contributed by atoms with Gasteiger partial charge in [-0.05, 0) is 45.0 Å². The molecule has 3 rings (SSSR count). The van der Waals surface area contributed by atoms with Gasteiger partial charge in [-0.25, -0.2) is 4.98 Å². The Kier molecular flexibility index (Phi) is 4.59. The molecule has 0 aliphatic heterocycles. The second kappa shape index (κ2) is 6.68. The molecule has 0 atom stereocenters. The fourth-order valence-electron chi connectivity index (χ4n) is 2.73. The molecular weight excluding hydrogens is 336 g/mol. The summed E-state index contributed by atoms with van der Waals surface area (Å²) < 4.78 is 0. The number of H-pyrrole nitrogens is 1. The third-order valence-corrected chi connectivity index (χ3v) is 5.02. The quantitative estimate of drug-likeness (QED) is 0.743. The van der Waals surface area contributed by atoms with Crippen LogP contribution in [0.15, 0.2) is 30.5 Å². The van der Waals surface area contributed by atoms with Crippen molar-refractivity contribution in [2.45, 2.75) is 33.7 Å². The van der Waals surface area contributed by atoms with Crippen LogP contribution in [0.4, 0.5) is 10.8 Å². The molecule has 0 saturated heterocycles. The van der Waals surface area contributed by atoms with Crippen molar-refractivity contribution in [3.63, 3.8) is 0 Å². The van der Waals surface area contributed by atoms with Gasteiger partial charge < -0.3 is 10.3 Å². The van der Waals surface area contributed by atoms with E-state index in [2.05, 4.69) is 15.3 Å². The molecule has 0 fully saturated rings. The molecule has 0 bridgehead atoms. The van der Waals surface area contributed by atoms with E-state index in [1.807, 2.05) is 44.3 Å². The van der Waals surface area contributed by atoms with Crippen LogP contribution in [-0.4, -0.2) is 27.8 Å². The minimum absolute atomic E-state index is 0.0186. The summed E-state index contributed by atoms with van der Waals surface area (Å²) in [7, 11) is 0. The number of rotatable bonds is 4. The van der Waals surface area contributed by atoms with Crippen LogP contribution in [0.3, 0.4) is 0 Å². The topological polar surface area (TPSA) is 78.1 Å². The molecule has 0 saturated carbocycles. The van der Waals surface area contributed by atoms with Crippen molar-refractivity contribution in [1.29, 1.82) is 0 Å². The highest BCUT2D eigenvalue weighted by atomic mass is 32.1. The van der Waals surface area contributed by atoms with Gasteiger partial charge in [-0.2, -0.15) is 0 Å². The van der Waals surface area contributed by atoms with Crippen LogP contribution in [0.2, 0.25) is 0 Å². The van der Waals surface area contributed by atoms with Gasteiger partial charge in [0.25, 0.3) is 5.91 Å². The maximum absolute atomic E-state index is 12.6. The highest BCUT2D eigenvalue weighted by Crippen LogP contribution is 2.28. The molecule has 25 heavy (non-hydrogen) atoms. The summed E-state index contributed by atoms with van der Waals surface area (Å²) in [6.45, 7) is 7.12. The molecule has 2 amide bonds. The second-order valence-corrected chi connectivity index (χ2v) is 7.11. The van der Waals surface area contributed by atoms with Crippen molar-refractivity contribution in [2.24, 2.45) is 0 Å². The fraction of sp³-hybridized carbons (Fsp3) is 0.278. The standard InChI is InChI=1S/C18H20N4O2S/c1-10(2)22(12(4)23)18-20-11(3)16(25-18)17(24)21-14-5-6-15-13(9-14)7-8-19-15/h5-10,19H,1-4H3,(H,21,24). The Hall–Kier alpha value is -2.67. The summed E-state index contributed by atoms with van der Waals surface area (Å²) in [5, 5.41) is 4.48. The maximum atomic E-state index is 12.6. The first-order valence-corrected chi connectivity index (χ1v) is 8.84. The predicted octanol–water partition coefficient (Wildman–Crippen LogP) is 3.95. The average Bonchev–Trinajstić information content (AvgIpc) is 3.12. The predicted molar refractivity (Wildman–Crippen MR) is 101 cm³/mol. The normalized spacial score (nSPS) is 11.1. The Labute approximate surface area is 149 Å². The SMILES string of the molecule is CC(=O)N(c1nc(C)c(C(=O)Nc2ccc3[nH]ccc3c2)s1)C(C)C. The van der Waals surface area contributed by atoms with Crippen molar-refractivity contribution < 1.29 is 9.59 Å². The van der Waals surface area contributed by atoms with Gasteiger partial charge in [0.1, 0.15) is 4.88 Å². The third kappa shape index (κ3) is 3.41. The summed E-state index contributed by atoms with van der Waals surface area (Å²) in [5.41, 5.74) is 2.36. The molecule has 2 heterocycles. The number of aromatic nitrogens is 2. The lowest BCUT2D eigenvalue weighted by Gasteiger charge is -2.21. The van der Waals surface area contributed by atoms with E-state index in [1.54, 1.807) is 11.8 Å². The number of hydrogen-bond acceptors (Lipinski definition) is 4. The van der Waals surface area contributed by atoms with Crippen molar-refractivity contribution in [3.05, 3.63) is 41.0 Å². The molecule has 3 aromatic rings. The number of carbonyl (C=O) groups excluding carboxylic acids is 2. The van der Waals surface area contributed by atoms with Gasteiger partial charge in [-0.15, -0.1) is 0 Å². The van der Waals surface area contributed by atoms with E-state index in [0.717, 1.165) is 16.6 Å². The van der Waals surface area contributed by atoms with Gasteiger partial charge in [0.15, 0.2) is 5.13 Å². The number of aromatic amines is 1. The van der Waals surface area contributed by atoms with Gasteiger partial charge >= 0.3 is 0 Å². The van der Waals surface area contributed by atoms with E-state index >= 15 is 0 Å². The van der Waals surface area contributed by atoms with E-state index in [1.165, 1.54) is 18.3 Å². The Bertz CT molecular complexity index is 942. The van der Waals surface area contributed by atoms with Gasteiger partial charge in [0, 0.05) is 35.8 Å². The van der Waals surface area contributed by atoms with Crippen LogP contribution in [0.5, 0.6) is 0 Å². The zero-order chi connectivity index (χ0) is 18.1. The maximum Gasteiger partial charge on any atom is 0.267 e. The van der Waals surface area contributed by atoms with Gasteiger partial charge in [0.2, 0.25) is 5.91 Å². The molecule has 0 aliphatic carbocycles. The van der Waals surface area contributed by atoms with E-state index in [9.17, 15) is 9.59 Å². The average molecular weight is 356 g/mol. The molecule has 0 unspecified atom stereocenters. The van der Waals surface area contributed by atoms with Crippen LogP contribution in [0.25, 0.3) is 10.9 Å². The number of anilines is 2. The van der Waals surface area contributed by atoms with Crippen LogP contribution < -0.4 is 10.2 Å². The highest BCUT2D eigenvalue weighted by Gasteiger charge is 2.23. The lowest BCUT2D eigenvalue weighted by Crippen LogP contribution is -2.34. The van der Waals surface area contributed by atoms with E-state index in [4.69, 9.17) is 0 Å². The first-order valence-electron chi connectivity index (χ1n) is 8.02. The van der Waals surface area contributed by atoms with Crippen LogP contribution >= 0.6 is 11.3 Å². The third-order valence-electron chi connectivity index (χ3n) is 3.86. The van der Waals surface area contributed by atoms with Crippen molar-refractivity contribution in [2.75, 3.05) is 10.2 Å². The summed E-state index contributed by atoms with van der Waals surface area (Å²) in [5.74, 6) is -0.308. The number of aryl methyl sites for hydroxylation is 1. The van der Waals surface area contributed by atoms with Crippen LogP contribution in [0, 0.1) is 6.92 Å². The van der Waals surface area contributed by atoms with Gasteiger partial charge in [0.05, 0.1) is 5.69 Å². The number of carbonyl (C=O) groups is 2. The summed E-state index contributed by atoms with van der Waals surface area (Å²) >= 11 is 1.23. The zero-order valence-electron chi connectivity index (χ0n) is 14.6. The molecule has 2 aromatic heterocycles. The smallest absolute Gasteiger partial charge is 0.267 e. The van der Waals surface area contributed by atoms with E-state index in [-0.39, 0.29) is 17.9 Å². The number of fused-ring (bicyclic) bond motifs is 1. The van der Waals surface area contributed by atoms with Crippen molar-refractivity contribution >= 4 is 44.9 Å². The molecule has 7 heteroatoms. The number of hydrogen-bond donors (Lipinski definition) is 2. The highest BCUT2D eigenvalue weighted by molar-refractivity contribution is 7.17. The second-order valence-electron chi connectivity index (χ2n) is 6.13. The lowest BCUT2D eigenvalue weighted by molar-refractivity contribution is -0.116. The molecule has 1 aromatic carbocycles. The number of amides is 2. The molecule has 0 radical (unpaired) electrons. The zero-order valence-corrected chi connectivity index (χ0v) is 15.4. The Morgan fingerprint density at radius 1 is 1.28 bits per heavy atom. The minimum Gasteiger partial charge on any atom is -0.361 e. The summed E-state index contributed by atoms with van der Waals surface area (Å²) in [6, 6.07) is 7.62. The number of benzene rings is 1. The molecule has 2 N–H and O–H groups in total. The fourth-order valence-corrected chi connectivity index (χ4v) is 3.87. The van der Waals surface area contributed by atoms with Gasteiger partial charge in [-0.3, -0.25) is 14.5 Å². The summed E-state index contributed by atoms with van der Waals surface area (Å²) in [6.07, 6.45) is 1.86. The van der Waals surface area contributed by atoms with Crippen LogP contribution in [-0.2, 0) is 4.79 Å². The van der Waals surface area contributed by atoms with Crippen LogP contribution in [0.1, 0.15) is 36.1 Å². The van der Waals surface area contributed by atoms with Gasteiger partial charge in [-0.1, -0.05) is 11.3 Å². The minimum atomic E-state index is -0.219. The Morgan fingerprint density at radius 3 is 2.72 bits per heavy atom. The first-order chi connectivity index (χ1) is 11.9. The molecule has 6 nitrogen and oxygen atoms in total. The Morgan fingerprint density at radius 2 is 2.04 bits per heavy atom. The molecule has 130 valence electrons. The molecule has 0 spiro atoms. The summed E-state index contributed by atoms with van der Waals surface area (Å²) in [4.78, 5) is 34.1. The monoisotopic (exact) mass is 356 g/mol. The van der Waals surface area contributed by atoms with Crippen molar-refractivity contribution in [3.8, 4) is 0 Å². The van der Waals surface area contributed by atoms with E-state index in [0.29, 0.717) is 15.7 Å². The molecular formula is C18H20N4O2S. The number of thiazole rings is 1. The first kappa shape index (κ1) is 17.2. The number of nitrogens with zero attached hydrogens (tertiary/aromatic N) is 2. The van der Waals surface area contributed by atoms with E-state index < -0.39 is 0 Å². The number of nitrogens with one attached hydrogen (secondary N) is 2.